The summed E-state index contributed by atoms with van der Waals surface area (Å²) in [4.78, 5) is 0. The van der Waals surface area contributed by atoms with Crippen molar-refractivity contribution in [1.29, 1.82) is 5.26 Å². The number of halogens is 2. The van der Waals surface area contributed by atoms with Crippen molar-refractivity contribution in [3.05, 3.63) is 34.9 Å². The van der Waals surface area contributed by atoms with Crippen LogP contribution < -0.4 is 5.32 Å². The molecule has 4 heteroatoms. The molecule has 1 aliphatic carbocycles. The van der Waals surface area contributed by atoms with E-state index in [2.05, 4.69) is 5.32 Å². The highest BCUT2D eigenvalue weighted by atomic mass is 19.1. The molecule has 0 heterocycles. The van der Waals surface area contributed by atoms with Gasteiger partial charge in [-0.25, -0.2) is 8.78 Å². The van der Waals surface area contributed by atoms with Crippen molar-refractivity contribution in [3.63, 3.8) is 0 Å². The van der Waals surface area contributed by atoms with Crippen LogP contribution in [0.15, 0.2) is 12.1 Å². The van der Waals surface area contributed by atoms with Crippen molar-refractivity contribution in [3.8, 4) is 6.07 Å². The topological polar surface area (TPSA) is 35.8 Å². The van der Waals surface area contributed by atoms with Crippen LogP contribution in [0.1, 0.15) is 30.9 Å². The number of nitrogens with one attached hydrogen (secondary N) is 1. The van der Waals surface area contributed by atoms with Crippen LogP contribution in [0.5, 0.6) is 0 Å². The van der Waals surface area contributed by atoms with E-state index < -0.39 is 11.6 Å². The summed E-state index contributed by atoms with van der Waals surface area (Å²) in [5.74, 6) is -1.32. The highest BCUT2D eigenvalue weighted by molar-refractivity contribution is 5.34. The highest BCUT2D eigenvalue weighted by Gasteiger charge is 2.36. The van der Waals surface area contributed by atoms with E-state index in [1.807, 2.05) is 6.92 Å². The van der Waals surface area contributed by atoms with Gasteiger partial charge in [0.2, 0.25) is 0 Å². The number of nitrogens with zero attached hydrogens (tertiary/aromatic N) is 1. The van der Waals surface area contributed by atoms with Gasteiger partial charge in [0.1, 0.15) is 11.6 Å². The van der Waals surface area contributed by atoms with Gasteiger partial charge in [-0.1, -0.05) is 0 Å². The molecule has 16 heavy (non-hydrogen) atoms. The predicted molar refractivity (Wildman–Crippen MR) is 55.6 cm³/mol. The summed E-state index contributed by atoms with van der Waals surface area (Å²) < 4.78 is 26.9. The molecule has 1 fully saturated rings. The maximum absolute atomic E-state index is 13.5. The Labute approximate surface area is 92.9 Å². The fourth-order valence-corrected chi connectivity index (χ4v) is 1.50. The lowest BCUT2D eigenvalue weighted by molar-refractivity contribution is 0.492. The van der Waals surface area contributed by atoms with E-state index in [4.69, 9.17) is 5.26 Å². The summed E-state index contributed by atoms with van der Waals surface area (Å²) in [6.07, 6.45) is 2.07. The molecule has 1 saturated carbocycles. The Hall–Kier alpha value is -1.47. The minimum Gasteiger partial charge on any atom is -0.307 e. The van der Waals surface area contributed by atoms with Gasteiger partial charge in [0.05, 0.1) is 11.6 Å². The Morgan fingerprint density at radius 2 is 1.94 bits per heavy atom. The number of benzene rings is 1. The van der Waals surface area contributed by atoms with Crippen LogP contribution in [0.25, 0.3) is 0 Å². The van der Waals surface area contributed by atoms with Gasteiger partial charge in [-0.3, -0.25) is 0 Å². The summed E-state index contributed by atoms with van der Waals surface area (Å²) in [6.45, 7) is 2.19. The lowest BCUT2D eigenvalue weighted by Crippen LogP contribution is -2.28. The second kappa shape index (κ2) is 3.84. The molecule has 0 bridgehead atoms. The number of hydrogen-bond donors (Lipinski definition) is 1. The second-order valence-corrected chi connectivity index (χ2v) is 4.44. The number of rotatable bonds is 3. The van der Waals surface area contributed by atoms with E-state index in [9.17, 15) is 8.78 Å². The Kier molecular flexibility index (Phi) is 2.64. The lowest BCUT2D eigenvalue weighted by Gasteiger charge is -2.12. The third-order valence-corrected chi connectivity index (χ3v) is 2.96. The van der Waals surface area contributed by atoms with Crippen molar-refractivity contribution in [2.24, 2.45) is 0 Å². The SMILES string of the molecule is CC1(NCc2c(F)cc(C#N)cc2F)CC1. The first-order valence-electron chi connectivity index (χ1n) is 5.17. The quantitative estimate of drug-likeness (QED) is 0.852. The second-order valence-electron chi connectivity index (χ2n) is 4.44. The van der Waals surface area contributed by atoms with Gasteiger partial charge in [-0.15, -0.1) is 0 Å². The van der Waals surface area contributed by atoms with Crippen LogP contribution in [-0.4, -0.2) is 5.54 Å². The number of nitriles is 1. The summed E-state index contributed by atoms with van der Waals surface area (Å²) in [7, 11) is 0. The molecule has 0 amide bonds. The monoisotopic (exact) mass is 222 g/mol. The Morgan fingerprint density at radius 3 is 2.38 bits per heavy atom. The molecule has 84 valence electrons. The third kappa shape index (κ3) is 2.20. The minimum atomic E-state index is -0.659. The Balaban J connectivity index is 2.17. The fourth-order valence-electron chi connectivity index (χ4n) is 1.50. The first-order valence-corrected chi connectivity index (χ1v) is 5.17. The molecule has 1 aromatic carbocycles. The van der Waals surface area contributed by atoms with Gasteiger partial charge in [-0.05, 0) is 31.9 Å². The van der Waals surface area contributed by atoms with Crippen molar-refractivity contribution in [1.82, 2.24) is 5.32 Å². The summed E-state index contributed by atoms with van der Waals surface area (Å²) in [5.41, 5.74) is 0.0516. The normalized spacial score (nSPS) is 16.9. The van der Waals surface area contributed by atoms with Crippen molar-refractivity contribution in [2.75, 3.05) is 0 Å². The van der Waals surface area contributed by atoms with Crippen LogP contribution in [0.2, 0.25) is 0 Å². The van der Waals surface area contributed by atoms with Crippen LogP contribution >= 0.6 is 0 Å². The lowest BCUT2D eigenvalue weighted by atomic mass is 10.1. The van der Waals surface area contributed by atoms with Crippen LogP contribution in [0, 0.1) is 23.0 Å². The first kappa shape index (κ1) is 11.0. The zero-order valence-electron chi connectivity index (χ0n) is 8.98. The first-order chi connectivity index (χ1) is 7.54. The highest BCUT2D eigenvalue weighted by Crippen LogP contribution is 2.34. The zero-order chi connectivity index (χ0) is 11.8. The van der Waals surface area contributed by atoms with E-state index in [1.165, 1.54) is 0 Å². The van der Waals surface area contributed by atoms with Gasteiger partial charge >= 0.3 is 0 Å². The molecule has 0 aliphatic heterocycles. The zero-order valence-corrected chi connectivity index (χ0v) is 8.98. The average Bonchev–Trinajstić information content (AvgIpc) is 2.95. The number of hydrogen-bond acceptors (Lipinski definition) is 2. The van der Waals surface area contributed by atoms with Crippen molar-refractivity contribution in [2.45, 2.75) is 31.8 Å². The largest absolute Gasteiger partial charge is 0.307 e. The molecule has 2 rings (SSSR count). The molecule has 0 saturated heterocycles. The standard InChI is InChI=1S/C12H12F2N2/c1-12(2-3-12)16-7-9-10(13)4-8(6-15)5-11(9)14/h4-5,16H,2-3,7H2,1H3. The molecule has 1 N–H and O–H groups in total. The molecule has 2 nitrogen and oxygen atoms in total. The van der Waals surface area contributed by atoms with Crippen LogP contribution in [0.4, 0.5) is 8.78 Å². The molecule has 0 atom stereocenters. The van der Waals surface area contributed by atoms with Gasteiger partial charge in [0.15, 0.2) is 0 Å². The molecule has 0 radical (unpaired) electrons. The maximum Gasteiger partial charge on any atom is 0.131 e. The van der Waals surface area contributed by atoms with Crippen LogP contribution in [0.3, 0.4) is 0 Å². The summed E-state index contributed by atoms with van der Waals surface area (Å²) in [6, 6.07) is 3.85. The summed E-state index contributed by atoms with van der Waals surface area (Å²) in [5, 5.41) is 11.7. The van der Waals surface area contributed by atoms with Crippen molar-refractivity contribution >= 4 is 0 Å². The average molecular weight is 222 g/mol. The fraction of sp³-hybridized carbons (Fsp3) is 0.417. The van der Waals surface area contributed by atoms with Crippen LogP contribution in [-0.2, 0) is 6.54 Å². The predicted octanol–water partition coefficient (Wildman–Crippen LogP) is 2.48. The minimum absolute atomic E-state index is 0.00660. The smallest absolute Gasteiger partial charge is 0.131 e. The Bertz CT molecular complexity index is 436. The van der Waals surface area contributed by atoms with E-state index in [0.717, 1.165) is 25.0 Å². The summed E-state index contributed by atoms with van der Waals surface area (Å²) >= 11 is 0. The molecular weight excluding hydrogens is 210 g/mol. The van der Waals surface area contributed by atoms with E-state index in [-0.39, 0.29) is 23.2 Å². The van der Waals surface area contributed by atoms with E-state index >= 15 is 0 Å². The molecular formula is C12H12F2N2. The molecule has 0 spiro atoms. The Morgan fingerprint density at radius 1 is 1.38 bits per heavy atom. The molecule has 1 aromatic rings. The third-order valence-electron chi connectivity index (χ3n) is 2.96. The van der Waals surface area contributed by atoms with Gasteiger partial charge in [-0.2, -0.15) is 5.26 Å². The van der Waals surface area contributed by atoms with Gasteiger partial charge in [0.25, 0.3) is 0 Å². The molecule has 0 unspecified atom stereocenters. The van der Waals surface area contributed by atoms with Crippen molar-refractivity contribution < 1.29 is 8.78 Å². The van der Waals surface area contributed by atoms with E-state index in [1.54, 1.807) is 6.07 Å². The van der Waals surface area contributed by atoms with E-state index in [0.29, 0.717) is 0 Å². The maximum atomic E-state index is 13.5. The van der Waals surface area contributed by atoms with Gasteiger partial charge in [0, 0.05) is 17.6 Å². The van der Waals surface area contributed by atoms with Gasteiger partial charge < -0.3 is 5.32 Å². The molecule has 0 aromatic heterocycles. The molecule has 1 aliphatic rings.